The Morgan fingerprint density at radius 2 is 2.25 bits per heavy atom. The monoisotopic (exact) mass is 414 g/mol. The molecule has 28 heavy (non-hydrogen) atoms. The number of carbonyl (C=O) groups excluding carboxylic acids is 1. The zero-order valence-electron chi connectivity index (χ0n) is 15.3. The van der Waals surface area contributed by atoms with Crippen LogP contribution in [-0.2, 0) is 14.3 Å². The summed E-state index contributed by atoms with van der Waals surface area (Å²) in [6.45, 7) is 0.799. The van der Waals surface area contributed by atoms with E-state index in [-0.39, 0.29) is 18.5 Å². The van der Waals surface area contributed by atoms with E-state index in [1.807, 2.05) is 0 Å². The first kappa shape index (κ1) is 20.3. The number of rotatable bonds is 5. The van der Waals surface area contributed by atoms with Crippen LogP contribution in [0, 0.1) is 0 Å². The molecule has 1 saturated heterocycles. The Morgan fingerprint density at radius 3 is 2.86 bits per heavy atom. The number of hydrogen-bond donors (Lipinski definition) is 2. The summed E-state index contributed by atoms with van der Waals surface area (Å²) in [5, 5.41) is 14.8. The molecule has 2 N–H and O–H groups in total. The maximum Gasteiger partial charge on any atom is 0.337 e. The van der Waals surface area contributed by atoms with Gasteiger partial charge in [0.1, 0.15) is 6.04 Å². The molecule has 1 unspecified atom stereocenters. The molecule has 8 nitrogen and oxygen atoms in total. The first-order valence-electron chi connectivity index (χ1n) is 8.62. The van der Waals surface area contributed by atoms with E-state index in [4.69, 9.17) is 4.74 Å². The maximum absolute atomic E-state index is 13.9. The summed E-state index contributed by atoms with van der Waals surface area (Å²) >= 11 is 1.33. The number of halogens is 2. The third-order valence-electron chi connectivity index (χ3n) is 4.68. The van der Waals surface area contributed by atoms with Crippen molar-refractivity contribution in [2.45, 2.75) is 37.8 Å². The number of nitrogens with zero attached hydrogens (tertiary/aromatic N) is 3. The van der Waals surface area contributed by atoms with Crippen molar-refractivity contribution in [3.05, 3.63) is 27.9 Å². The lowest BCUT2D eigenvalue weighted by Crippen LogP contribution is -2.54. The summed E-state index contributed by atoms with van der Waals surface area (Å²) in [6, 6.07) is -1.67. The van der Waals surface area contributed by atoms with Gasteiger partial charge in [0.25, 0.3) is 5.92 Å². The molecule has 2 atom stereocenters. The molecule has 152 valence electrons. The molecule has 1 fully saturated rings. The van der Waals surface area contributed by atoms with Crippen molar-refractivity contribution >= 4 is 29.1 Å². The van der Waals surface area contributed by atoms with Gasteiger partial charge in [0.2, 0.25) is 0 Å². The van der Waals surface area contributed by atoms with E-state index in [0.717, 1.165) is 0 Å². The lowest BCUT2D eigenvalue weighted by molar-refractivity contribution is -0.151. The number of amidine groups is 1. The number of nitrogens with one attached hydrogen (secondary N) is 1. The van der Waals surface area contributed by atoms with E-state index in [9.17, 15) is 23.5 Å². The maximum atomic E-state index is 13.9. The van der Waals surface area contributed by atoms with Crippen molar-refractivity contribution < 1.29 is 28.2 Å². The van der Waals surface area contributed by atoms with Gasteiger partial charge in [-0.15, -0.1) is 11.3 Å². The minimum Gasteiger partial charge on any atom is -0.480 e. The van der Waals surface area contributed by atoms with E-state index in [1.165, 1.54) is 23.3 Å². The molecular formula is C17H20F2N4O4S. The number of alkyl halides is 2. The highest BCUT2D eigenvalue weighted by atomic mass is 32.1. The average Bonchev–Trinajstić information content (AvgIpc) is 3.14. The largest absolute Gasteiger partial charge is 0.480 e. The molecule has 3 rings (SSSR count). The van der Waals surface area contributed by atoms with Crippen LogP contribution in [0.4, 0.5) is 8.78 Å². The number of aliphatic carboxylic acids is 1. The van der Waals surface area contributed by atoms with Gasteiger partial charge in [-0.2, -0.15) is 0 Å². The highest BCUT2D eigenvalue weighted by Gasteiger charge is 2.43. The fourth-order valence-electron chi connectivity index (χ4n) is 3.40. The summed E-state index contributed by atoms with van der Waals surface area (Å²) in [5.41, 5.74) is 0.476. The van der Waals surface area contributed by atoms with Gasteiger partial charge in [0.15, 0.2) is 10.8 Å². The van der Waals surface area contributed by atoms with Gasteiger partial charge >= 0.3 is 11.9 Å². The predicted molar refractivity (Wildman–Crippen MR) is 97.5 cm³/mol. The number of esters is 1. The molecule has 2 aliphatic rings. The molecule has 2 aliphatic heterocycles. The summed E-state index contributed by atoms with van der Waals surface area (Å²) in [4.78, 5) is 33.6. The lowest BCUT2D eigenvalue weighted by atomic mass is 9.97. The lowest BCUT2D eigenvalue weighted by Gasteiger charge is -2.38. The summed E-state index contributed by atoms with van der Waals surface area (Å²) in [7, 11) is 1.22. The first-order valence-corrected chi connectivity index (χ1v) is 9.50. The van der Waals surface area contributed by atoms with Gasteiger partial charge in [0, 0.05) is 30.2 Å². The minimum atomic E-state index is -3.00. The second kappa shape index (κ2) is 7.92. The van der Waals surface area contributed by atoms with E-state index < -0.39 is 42.9 Å². The number of likely N-dealkylation sites (tertiary alicyclic amines) is 1. The van der Waals surface area contributed by atoms with Crippen molar-refractivity contribution in [2.24, 2.45) is 4.99 Å². The van der Waals surface area contributed by atoms with Crippen LogP contribution in [0.3, 0.4) is 0 Å². The average molecular weight is 414 g/mol. The normalized spacial score (nSPS) is 25.1. The number of carboxylic acid groups (broad SMARTS) is 1. The molecule has 0 amide bonds. The van der Waals surface area contributed by atoms with Crippen molar-refractivity contribution in [2.75, 3.05) is 20.2 Å². The van der Waals surface area contributed by atoms with Crippen LogP contribution in [-0.4, -0.2) is 71.0 Å². The molecule has 0 aliphatic carbocycles. The third-order valence-corrected chi connectivity index (χ3v) is 5.46. The number of aliphatic imine (C=N–C) groups is 1. The van der Waals surface area contributed by atoms with Gasteiger partial charge in [0.05, 0.1) is 25.3 Å². The van der Waals surface area contributed by atoms with E-state index in [2.05, 4.69) is 15.3 Å². The third kappa shape index (κ3) is 4.20. The molecular weight excluding hydrogens is 394 g/mol. The van der Waals surface area contributed by atoms with Gasteiger partial charge in [-0.1, -0.05) is 0 Å². The number of ether oxygens (including phenoxy) is 1. The van der Waals surface area contributed by atoms with Crippen LogP contribution in [0.1, 0.15) is 24.8 Å². The number of hydrogen-bond acceptors (Lipinski definition) is 8. The number of piperidine rings is 1. The second-order valence-electron chi connectivity index (χ2n) is 6.65. The molecule has 3 heterocycles. The Morgan fingerprint density at radius 1 is 1.50 bits per heavy atom. The van der Waals surface area contributed by atoms with Crippen LogP contribution in [0.5, 0.6) is 0 Å². The quantitative estimate of drug-likeness (QED) is 0.704. The number of carboxylic acids is 1. The van der Waals surface area contributed by atoms with Crippen LogP contribution in [0.2, 0.25) is 0 Å². The van der Waals surface area contributed by atoms with Crippen LogP contribution in [0.15, 0.2) is 27.8 Å². The molecule has 0 saturated carbocycles. The topological polar surface area (TPSA) is 104 Å². The molecule has 0 radical (unpaired) electrons. The molecule has 0 aromatic carbocycles. The fraction of sp³-hybridized carbons (Fsp3) is 0.529. The summed E-state index contributed by atoms with van der Waals surface area (Å²) in [5.74, 6) is -4.41. The van der Waals surface area contributed by atoms with E-state index in [0.29, 0.717) is 16.5 Å². The van der Waals surface area contributed by atoms with Crippen LogP contribution < -0.4 is 5.32 Å². The Bertz CT molecular complexity index is 825. The Labute approximate surface area is 163 Å². The zero-order chi connectivity index (χ0) is 20.5. The number of methoxy groups -OCH3 is 1. The fourth-order valence-corrected chi connectivity index (χ4v) is 3.98. The van der Waals surface area contributed by atoms with Gasteiger partial charge in [-0.25, -0.2) is 18.6 Å². The minimum absolute atomic E-state index is 0.174. The zero-order valence-corrected chi connectivity index (χ0v) is 16.1. The Kier molecular flexibility index (Phi) is 5.75. The molecule has 1 aromatic rings. The molecule has 11 heteroatoms. The standard InChI is InChI=1S/C17H20F2N4O4S/c1-9-12(16(26)27-2)10(22-13(21-9)14-20-5-6-28-14)7-23-8-17(18,19)4-3-11(23)15(24)25/h5-6,9,11H,3-4,7-8H2,1-2H3,(H,21,22)(H,24,25)/t9-,11?/m1/s1. The Hall–Kier alpha value is -2.40. The summed E-state index contributed by atoms with van der Waals surface area (Å²) < 4.78 is 32.7. The second-order valence-corrected chi connectivity index (χ2v) is 7.55. The van der Waals surface area contributed by atoms with Crippen molar-refractivity contribution in [1.82, 2.24) is 15.2 Å². The van der Waals surface area contributed by atoms with Crippen LogP contribution >= 0.6 is 11.3 Å². The molecule has 0 bridgehead atoms. The number of aromatic nitrogens is 1. The van der Waals surface area contributed by atoms with Crippen LogP contribution in [0.25, 0.3) is 0 Å². The SMILES string of the molecule is COC(=O)C1=C(CN2CC(F)(F)CCC2C(=O)O)NC(c2nccs2)=N[C@@H]1C. The van der Waals surface area contributed by atoms with E-state index >= 15 is 0 Å². The van der Waals surface area contributed by atoms with Crippen molar-refractivity contribution in [1.29, 1.82) is 0 Å². The van der Waals surface area contributed by atoms with Gasteiger partial charge in [-0.05, 0) is 13.3 Å². The predicted octanol–water partition coefficient (Wildman–Crippen LogP) is 1.49. The molecule has 1 aromatic heterocycles. The highest BCUT2D eigenvalue weighted by molar-refractivity contribution is 7.11. The highest BCUT2D eigenvalue weighted by Crippen LogP contribution is 2.31. The number of carbonyl (C=O) groups is 2. The smallest absolute Gasteiger partial charge is 0.337 e. The first-order chi connectivity index (χ1) is 13.2. The van der Waals surface area contributed by atoms with Crippen molar-refractivity contribution in [3.8, 4) is 0 Å². The molecule has 0 spiro atoms. The summed E-state index contributed by atoms with van der Waals surface area (Å²) in [6.07, 6.45) is 0.935. The number of thiazole rings is 1. The van der Waals surface area contributed by atoms with E-state index in [1.54, 1.807) is 18.5 Å². The Balaban J connectivity index is 1.94. The van der Waals surface area contributed by atoms with Gasteiger partial charge in [-0.3, -0.25) is 14.7 Å². The van der Waals surface area contributed by atoms with Crippen molar-refractivity contribution in [3.63, 3.8) is 0 Å². The van der Waals surface area contributed by atoms with Gasteiger partial charge < -0.3 is 15.2 Å².